The van der Waals surface area contributed by atoms with Crippen LogP contribution in [-0.2, 0) is 10.0 Å². The third kappa shape index (κ3) is 5.62. The van der Waals surface area contributed by atoms with E-state index in [9.17, 15) is 18.0 Å². The average Bonchev–Trinajstić information content (AvgIpc) is 3.32. The Balaban J connectivity index is 1.67. The van der Waals surface area contributed by atoms with Crippen molar-refractivity contribution in [2.75, 3.05) is 16.6 Å². The highest BCUT2D eigenvalue weighted by molar-refractivity contribution is 8.14. The van der Waals surface area contributed by atoms with Gasteiger partial charge >= 0.3 is 0 Å². The molecule has 1 atom stereocenters. The molecule has 0 aromatic heterocycles. The Morgan fingerprint density at radius 2 is 1.68 bits per heavy atom. The van der Waals surface area contributed by atoms with Crippen molar-refractivity contribution in [3.8, 4) is 0 Å². The van der Waals surface area contributed by atoms with Crippen LogP contribution in [0.1, 0.15) is 47.9 Å². The van der Waals surface area contributed by atoms with E-state index in [1.807, 2.05) is 13.0 Å². The summed E-state index contributed by atoms with van der Waals surface area (Å²) >= 11 is 1.49. The molecule has 0 bridgehead atoms. The highest BCUT2D eigenvalue weighted by atomic mass is 32.2. The minimum absolute atomic E-state index is 0.0268. The number of thioether (sulfide) groups is 1. The van der Waals surface area contributed by atoms with E-state index in [0.717, 1.165) is 6.42 Å². The van der Waals surface area contributed by atoms with Crippen LogP contribution in [-0.4, -0.2) is 48.5 Å². The maximum atomic E-state index is 13.7. The second-order valence-corrected chi connectivity index (χ2v) is 11.4. The number of Topliss-reactive ketones (excluding diaryl/α,β-unsaturated/α-hetero) is 1. The number of carbonyl (C=O) groups is 2. The van der Waals surface area contributed by atoms with E-state index in [1.165, 1.54) is 35.1 Å². The number of carbonyl (C=O) groups excluding carboxylic acids is 2. The maximum absolute atomic E-state index is 13.7. The minimum Gasteiger partial charge on any atom is -0.295 e. The fraction of sp³-hybridized carbons (Fsp3) is 0.250. The molecule has 0 saturated carbocycles. The van der Waals surface area contributed by atoms with Crippen LogP contribution in [0.2, 0.25) is 0 Å². The summed E-state index contributed by atoms with van der Waals surface area (Å²) in [6, 6.07) is 22.0. The molecule has 9 heteroatoms. The van der Waals surface area contributed by atoms with Crippen molar-refractivity contribution in [2.24, 2.45) is 4.99 Å². The van der Waals surface area contributed by atoms with Gasteiger partial charge < -0.3 is 0 Å². The van der Waals surface area contributed by atoms with Crippen molar-refractivity contribution in [3.05, 3.63) is 90.0 Å². The lowest BCUT2D eigenvalue weighted by Gasteiger charge is -2.25. The van der Waals surface area contributed by atoms with Crippen LogP contribution in [0.4, 0.5) is 11.4 Å². The van der Waals surface area contributed by atoms with Crippen molar-refractivity contribution in [1.29, 1.82) is 0 Å². The first-order chi connectivity index (χ1) is 17.8. The number of aliphatic imine (C=N–C) groups is 1. The topological polar surface area (TPSA) is 87.1 Å². The number of amides is 1. The molecule has 192 valence electrons. The molecule has 0 aliphatic carbocycles. The monoisotopic (exact) mass is 535 g/mol. The largest absolute Gasteiger partial charge is 0.295 e. The molecule has 3 aromatic rings. The number of nitrogens with zero attached hydrogens (tertiary/aromatic N) is 3. The number of anilines is 1. The molecule has 7 nitrogen and oxygen atoms in total. The first-order valence-corrected chi connectivity index (χ1v) is 14.5. The Morgan fingerprint density at radius 3 is 2.30 bits per heavy atom. The maximum Gasteiger partial charge on any atom is 0.264 e. The van der Waals surface area contributed by atoms with Gasteiger partial charge in [0, 0.05) is 29.5 Å². The van der Waals surface area contributed by atoms with Gasteiger partial charge in [-0.15, -0.1) is 0 Å². The lowest BCUT2D eigenvalue weighted by molar-refractivity contribution is 0.0818. The molecule has 1 amide bonds. The van der Waals surface area contributed by atoms with E-state index in [2.05, 4.69) is 4.99 Å². The number of hydrogen-bond donors (Lipinski definition) is 0. The Kier molecular flexibility index (Phi) is 8.14. The van der Waals surface area contributed by atoms with Crippen LogP contribution in [0, 0.1) is 0 Å². The van der Waals surface area contributed by atoms with Crippen LogP contribution >= 0.6 is 11.8 Å². The number of benzene rings is 3. The molecule has 0 N–H and O–H groups in total. The minimum atomic E-state index is -3.88. The second kappa shape index (κ2) is 11.3. The van der Waals surface area contributed by atoms with E-state index in [-0.39, 0.29) is 34.7 Å². The highest BCUT2D eigenvalue weighted by Crippen LogP contribution is 2.31. The molecule has 3 aromatic carbocycles. The molecule has 1 fully saturated rings. The van der Waals surface area contributed by atoms with E-state index < -0.39 is 10.0 Å². The van der Waals surface area contributed by atoms with Gasteiger partial charge in [0.1, 0.15) is 0 Å². The summed E-state index contributed by atoms with van der Waals surface area (Å²) in [6.45, 7) is 5.55. The summed E-state index contributed by atoms with van der Waals surface area (Å²) in [6.07, 6.45) is 0.733. The molecule has 0 spiro atoms. The Labute approximate surface area is 222 Å². The highest BCUT2D eigenvalue weighted by Gasteiger charge is 2.35. The summed E-state index contributed by atoms with van der Waals surface area (Å²) in [5.74, 6) is 0.374. The zero-order valence-electron chi connectivity index (χ0n) is 21.0. The van der Waals surface area contributed by atoms with Crippen LogP contribution in [0.15, 0.2) is 88.8 Å². The van der Waals surface area contributed by atoms with Crippen molar-refractivity contribution < 1.29 is 18.0 Å². The quantitative estimate of drug-likeness (QED) is 0.342. The number of rotatable bonds is 8. The smallest absolute Gasteiger partial charge is 0.264 e. The van der Waals surface area contributed by atoms with E-state index in [4.69, 9.17) is 0 Å². The third-order valence-corrected chi connectivity index (χ3v) is 9.16. The lowest BCUT2D eigenvalue weighted by Crippen LogP contribution is -2.39. The van der Waals surface area contributed by atoms with E-state index in [1.54, 1.807) is 72.5 Å². The number of hydrogen-bond acceptors (Lipinski definition) is 6. The van der Waals surface area contributed by atoms with Gasteiger partial charge in [0.2, 0.25) is 0 Å². The van der Waals surface area contributed by atoms with Crippen molar-refractivity contribution in [1.82, 2.24) is 4.90 Å². The zero-order chi connectivity index (χ0) is 26.6. The molecule has 4 rings (SSSR count). The van der Waals surface area contributed by atoms with Crippen LogP contribution in [0.3, 0.4) is 0 Å². The summed E-state index contributed by atoms with van der Waals surface area (Å²) in [5.41, 5.74) is 2.08. The fourth-order valence-corrected chi connectivity index (χ4v) is 6.92. The van der Waals surface area contributed by atoms with Gasteiger partial charge in [-0.3, -0.25) is 18.8 Å². The normalized spacial score (nSPS) is 16.7. The Morgan fingerprint density at radius 1 is 0.973 bits per heavy atom. The van der Waals surface area contributed by atoms with Crippen LogP contribution in [0.5, 0.6) is 0 Å². The SMILES string of the molecule is CC[C@@H]1CSC(=Nc2ccc(C(C)=O)cc2)N1C(=O)c1cccc(S(=O)(=O)N(CC)c2ccccc2)c1. The van der Waals surface area contributed by atoms with Gasteiger partial charge in [-0.25, -0.2) is 13.4 Å². The Hall–Kier alpha value is -3.43. The number of sulfonamides is 1. The van der Waals surface area contributed by atoms with Crippen LogP contribution in [0.25, 0.3) is 0 Å². The third-order valence-electron chi connectivity index (χ3n) is 6.17. The molecule has 1 aliphatic rings. The van der Waals surface area contributed by atoms with Gasteiger partial charge in [-0.05, 0) is 74.9 Å². The van der Waals surface area contributed by atoms with Crippen molar-refractivity contribution >= 4 is 50.0 Å². The van der Waals surface area contributed by atoms with Gasteiger partial charge in [0.15, 0.2) is 11.0 Å². The summed E-state index contributed by atoms with van der Waals surface area (Å²) < 4.78 is 28.3. The Bertz CT molecular complexity index is 1420. The number of para-hydroxylation sites is 1. The molecule has 1 aliphatic heterocycles. The van der Waals surface area contributed by atoms with Crippen molar-refractivity contribution in [3.63, 3.8) is 0 Å². The van der Waals surface area contributed by atoms with E-state index >= 15 is 0 Å². The van der Waals surface area contributed by atoms with Crippen molar-refractivity contribution in [2.45, 2.75) is 38.1 Å². The standard InChI is InChI=1S/C28H29N3O4S2/c1-4-24-19-36-28(29-23-16-14-21(15-17-23)20(3)32)31(24)27(33)22-10-9-13-26(18-22)37(34,35)30(5-2)25-11-7-6-8-12-25/h6-18,24H,4-5,19H2,1-3H3/t24-/m1/s1. The average molecular weight is 536 g/mol. The molecule has 1 saturated heterocycles. The molecule has 0 radical (unpaired) electrons. The lowest BCUT2D eigenvalue weighted by atomic mass is 10.1. The molecule has 37 heavy (non-hydrogen) atoms. The fourth-order valence-electron chi connectivity index (χ4n) is 4.13. The van der Waals surface area contributed by atoms with Crippen LogP contribution < -0.4 is 4.31 Å². The van der Waals surface area contributed by atoms with Gasteiger partial charge in [-0.1, -0.05) is 43.0 Å². The predicted octanol–water partition coefficient (Wildman–Crippen LogP) is 5.76. The first kappa shape index (κ1) is 26.6. The molecule has 1 heterocycles. The number of ketones is 1. The predicted molar refractivity (Wildman–Crippen MR) is 149 cm³/mol. The molecular formula is C28H29N3O4S2. The first-order valence-electron chi connectivity index (χ1n) is 12.1. The van der Waals surface area contributed by atoms with Gasteiger partial charge in [-0.2, -0.15) is 0 Å². The van der Waals surface area contributed by atoms with E-state index in [0.29, 0.717) is 27.9 Å². The van der Waals surface area contributed by atoms with Gasteiger partial charge in [0.05, 0.1) is 16.3 Å². The second-order valence-electron chi connectivity index (χ2n) is 8.58. The zero-order valence-corrected chi connectivity index (χ0v) is 22.6. The summed E-state index contributed by atoms with van der Waals surface area (Å²) in [4.78, 5) is 31.7. The molecule has 0 unspecified atom stereocenters. The summed E-state index contributed by atoms with van der Waals surface area (Å²) in [5, 5.41) is 0.556. The summed E-state index contributed by atoms with van der Waals surface area (Å²) in [7, 11) is -3.88. The van der Waals surface area contributed by atoms with Gasteiger partial charge in [0.25, 0.3) is 15.9 Å². The number of amidine groups is 1. The molecular weight excluding hydrogens is 506 g/mol.